The van der Waals surface area contributed by atoms with Crippen LogP contribution in [0.5, 0.6) is 5.75 Å². The molecule has 0 radical (unpaired) electrons. The van der Waals surface area contributed by atoms with E-state index in [9.17, 15) is 4.79 Å². The molecule has 7 nitrogen and oxygen atoms in total. The SMILES string of the molecule is COc1ccc(CCN(CC(C)(C)C)C(=O)c2cn(C3CCNCC3)nn2)cc1.Cl. The number of methoxy groups -OCH3 is 1. The third-order valence-electron chi connectivity index (χ3n) is 5.19. The summed E-state index contributed by atoms with van der Waals surface area (Å²) in [5.74, 6) is 0.791. The first-order valence-corrected chi connectivity index (χ1v) is 10.4. The Hall–Kier alpha value is -2.12. The molecule has 3 rings (SSSR count). The van der Waals surface area contributed by atoms with Crippen LogP contribution < -0.4 is 10.1 Å². The van der Waals surface area contributed by atoms with Crippen molar-refractivity contribution in [1.29, 1.82) is 0 Å². The van der Waals surface area contributed by atoms with Crippen LogP contribution in [0.3, 0.4) is 0 Å². The van der Waals surface area contributed by atoms with Crippen LogP contribution in [0.2, 0.25) is 0 Å². The summed E-state index contributed by atoms with van der Waals surface area (Å²) in [6, 6.07) is 8.32. The minimum atomic E-state index is -0.0476. The van der Waals surface area contributed by atoms with Gasteiger partial charge >= 0.3 is 0 Å². The summed E-state index contributed by atoms with van der Waals surface area (Å²) in [6.07, 6.45) is 4.63. The molecule has 0 saturated carbocycles. The van der Waals surface area contributed by atoms with Crippen molar-refractivity contribution in [3.63, 3.8) is 0 Å². The van der Waals surface area contributed by atoms with E-state index in [-0.39, 0.29) is 23.7 Å². The van der Waals surface area contributed by atoms with Crippen molar-refractivity contribution in [2.75, 3.05) is 33.3 Å². The Bertz CT molecular complexity index is 795. The zero-order chi connectivity index (χ0) is 20.9. The highest BCUT2D eigenvalue weighted by atomic mass is 35.5. The Morgan fingerprint density at radius 3 is 2.50 bits per heavy atom. The van der Waals surface area contributed by atoms with E-state index in [1.54, 1.807) is 7.11 Å². The lowest BCUT2D eigenvalue weighted by molar-refractivity contribution is 0.0691. The molecule has 1 aromatic carbocycles. The van der Waals surface area contributed by atoms with Crippen molar-refractivity contribution in [2.45, 2.75) is 46.1 Å². The predicted octanol–water partition coefficient (Wildman–Crippen LogP) is 3.36. The molecular weight excluding hydrogens is 402 g/mol. The van der Waals surface area contributed by atoms with Gasteiger partial charge in [0.25, 0.3) is 5.91 Å². The minimum Gasteiger partial charge on any atom is -0.497 e. The van der Waals surface area contributed by atoms with E-state index in [0.29, 0.717) is 24.8 Å². The topological polar surface area (TPSA) is 72.3 Å². The molecule has 0 spiro atoms. The molecule has 1 amide bonds. The van der Waals surface area contributed by atoms with E-state index in [2.05, 4.69) is 36.4 Å². The Morgan fingerprint density at radius 2 is 1.90 bits per heavy atom. The number of aromatic nitrogens is 3. The van der Waals surface area contributed by atoms with E-state index in [1.165, 1.54) is 5.56 Å². The van der Waals surface area contributed by atoms with Crippen LogP contribution >= 0.6 is 12.4 Å². The Morgan fingerprint density at radius 1 is 1.23 bits per heavy atom. The third-order valence-corrected chi connectivity index (χ3v) is 5.19. The van der Waals surface area contributed by atoms with E-state index < -0.39 is 0 Å². The van der Waals surface area contributed by atoms with Crippen LogP contribution in [-0.4, -0.2) is 59.1 Å². The summed E-state index contributed by atoms with van der Waals surface area (Å²) >= 11 is 0. The molecule has 2 aromatic rings. The molecule has 0 unspecified atom stereocenters. The lowest BCUT2D eigenvalue weighted by atomic mass is 9.95. The third kappa shape index (κ3) is 6.71. The smallest absolute Gasteiger partial charge is 0.276 e. The van der Waals surface area contributed by atoms with Gasteiger partial charge in [-0.2, -0.15) is 0 Å². The summed E-state index contributed by atoms with van der Waals surface area (Å²) in [5, 5.41) is 11.8. The average molecular weight is 436 g/mol. The van der Waals surface area contributed by atoms with Gasteiger partial charge in [0.15, 0.2) is 5.69 Å². The summed E-state index contributed by atoms with van der Waals surface area (Å²) in [5.41, 5.74) is 1.61. The van der Waals surface area contributed by atoms with E-state index >= 15 is 0 Å². The van der Waals surface area contributed by atoms with Gasteiger partial charge < -0.3 is 15.0 Å². The highest BCUT2D eigenvalue weighted by Crippen LogP contribution is 2.20. The van der Waals surface area contributed by atoms with Gasteiger partial charge in [-0.05, 0) is 55.5 Å². The maximum Gasteiger partial charge on any atom is 0.276 e. The van der Waals surface area contributed by atoms with Crippen LogP contribution in [-0.2, 0) is 6.42 Å². The minimum absolute atomic E-state index is 0. The highest BCUT2D eigenvalue weighted by Gasteiger charge is 2.25. The largest absolute Gasteiger partial charge is 0.497 e. The van der Waals surface area contributed by atoms with Crippen LogP contribution in [0.25, 0.3) is 0 Å². The van der Waals surface area contributed by atoms with Crippen LogP contribution in [0.1, 0.15) is 55.7 Å². The molecule has 1 N–H and O–H groups in total. The Balaban J connectivity index is 0.00000320. The van der Waals surface area contributed by atoms with Crippen LogP contribution in [0.15, 0.2) is 30.5 Å². The normalized spacial score (nSPS) is 14.8. The lowest BCUT2D eigenvalue weighted by Gasteiger charge is -2.29. The monoisotopic (exact) mass is 435 g/mol. The zero-order valence-corrected chi connectivity index (χ0v) is 19.2. The van der Waals surface area contributed by atoms with Gasteiger partial charge in [-0.25, -0.2) is 4.68 Å². The van der Waals surface area contributed by atoms with Crippen LogP contribution in [0.4, 0.5) is 0 Å². The number of halogens is 1. The molecule has 0 bridgehead atoms. The van der Waals surface area contributed by atoms with Gasteiger partial charge in [0.2, 0.25) is 0 Å². The van der Waals surface area contributed by atoms with Crippen molar-refractivity contribution in [3.05, 3.63) is 41.7 Å². The Labute approximate surface area is 185 Å². The first-order valence-electron chi connectivity index (χ1n) is 10.4. The summed E-state index contributed by atoms with van der Waals surface area (Å²) in [6.45, 7) is 9.70. The number of ether oxygens (including phenoxy) is 1. The van der Waals surface area contributed by atoms with Crippen molar-refractivity contribution in [3.8, 4) is 5.75 Å². The number of carbonyl (C=O) groups is 1. The van der Waals surface area contributed by atoms with Gasteiger partial charge in [0, 0.05) is 13.1 Å². The molecular formula is C22H34ClN5O2. The second kappa shape index (κ2) is 10.8. The fraction of sp³-hybridized carbons (Fsp3) is 0.591. The molecule has 1 fully saturated rings. The van der Waals surface area contributed by atoms with E-state index in [1.807, 2.05) is 40.0 Å². The van der Waals surface area contributed by atoms with Gasteiger partial charge in [-0.1, -0.05) is 38.1 Å². The van der Waals surface area contributed by atoms with Gasteiger partial charge in [0.05, 0.1) is 19.3 Å². The number of amides is 1. The summed E-state index contributed by atoms with van der Waals surface area (Å²) < 4.78 is 7.09. The predicted molar refractivity (Wildman–Crippen MR) is 120 cm³/mol. The summed E-state index contributed by atoms with van der Waals surface area (Å²) in [4.78, 5) is 15.1. The average Bonchev–Trinajstić information content (AvgIpc) is 3.21. The molecule has 1 aromatic heterocycles. The molecule has 2 heterocycles. The number of nitrogens with zero attached hydrogens (tertiary/aromatic N) is 4. The summed E-state index contributed by atoms with van der Waals surface area (Å²) in [7, 11) is 1.66. The second-order valence-electron chi connectivity index (χ2n) is 8.95. The quantitative estimate of drug-likeness (QED) is 0.721. The fourth-order valence-corrected chi connectivity index (χ4v) is 3.67. The lowest BCUT2D eigenvalue weighted by Crippen LogP contribution is -2.39. The zero-order valence-electron chi connectivity index (χ0n) is 18.4. The molecule has 30 heavy (non-hydrogen) atoms. The van der Waals surface area contributed by atoms with Crippen molar-refractivity contribution in [1.82, 2.24) is 25.2 Å². The number of hydrogen-bond donors (Lipinski definition) is 1. The van der Waals surface area contributed by atoms with E-state index in [0.717, 1.165) is 38.1 Å². The molecule has 1 aliphatic rings. The Kier molecular flexibility index (Phi) is 8.67. The van der Waals surface area contributed by atoms with Gasteiger partial charge in [-0.15, -0.1) is 17.5 Å². The van der Waals surface area contributed by atoms with E-state index in [4.69, 9.17) is 4.74 Å². The fourth-order valence-electron chi connectivity index (χ4n) is 3.67. The molecule has 1 aliphatic heterocycles. The van der Waals surface area contributed by atoms with Gasteiger partial charge in [0.1, 0.15) is 5.75 Å². The number of carbonyl (C=O) groups excluding carboxylic acids is 1. The number of nitrogens with one attached hydrogen (secondary N) is 1. The van der Waals surface area contributed by atoms with Crippen molar-refractivity contribution in [2.24, 2.45) is 5.41 Å². The number of hydrogen-bond acceptors (Lipinski definition) is 5. The standard InChI is InChI=1S/C22H33N5O2.ClH/c1-22(2,3)16-26(14-11-17-5-7-19(29-4)8-6-17)21(28)20-15-27(25-24-20)18-9-12-23-13-10-18;/h5-8,15,18,23H,9-14,16H2,1-4H3;1H. The first kappa shape index (κ1) is 24.2. The maximum atomic E-state index is 13.2. The molecule has 0 atom stereocenters. The van der Waals surface area contributed by atoms with Crippen LogP contribution in [0, 0.1) is 5.41 Å². The molecule has 0 aliphatic carbocycles. The van der Waals surface area contributed by atoms with Gasteiger partial charge in [-0.3, -0.25) is 4.79 Å². The molecule has 8 heteroatoms. The highest BCUT2D eigenvalue weighted by molar-refractivity contribution is 5.92. The second-order valence-corrected chi connectivity index (χ2v) is 8.95. The first-order chi connectivity index (χ1) is 13.9. The number of benzene rings is 1. The molecule has 1 saturated heterocycles. The van der Waals surface area contributed by atoms with Crippen molar-refractivity contribution >= 4 is 18.3 Å². The molecule has 166 valence electrons. The number of piperidine rings is 1. The van der Waals surface area contributed by atoms with Crippen molar-refractivity contribution < 1.29 is 9.53 Å². The maximum absolute atomic E-state index is 13.2. The number of rotatable bonds is 7.